The van der Waals surface area contributed by atoms with Gasteiger partial charge in [0.25, 0.3) is 0 Å². The third kappa shape index (κ3) is 4.35. The monoisotopic (exact) mass is 587 g/mol. The number of fused-ring (bicyclic) bond motifs is 5. The molecular formula is C44H29NO. The van der Waals surface area contributed by atoms with Gasteiger partial charge in [-0.2, -0.15) is 0 Å². The second-order valence-corrected chi connectivity index (χ2v) is 11.7. The van der Waals surface area contributed by atoms with Crippen LogP contribution in [-0.4, -0.2) is 0 Å². The molecular weight excluding hydrogens is 558 g/mol. The first kappa shape index (κ1) is 26.3. The van der Waals surface area contributed by atoms with Gasteiger partial charge in [0.1, 0.15) is 11.2 Å². The van der Waals surface area contributed by atoms with Crippen LogP contribution in [0, 0.1) is 0 Å². The lowest BCUT2D eigenvalue weighted by molar-refractivity contribution is 0.669. The second-order valence-electron chi connectivity index (χ2n) is 11.7. The van der Waals surface area contributed by atoms with Gasteiger partial charge in [0.15, 0.2) is 0 Å². The molecule has 216 valence electrons. The van der Waals surface area contributed by atoms with Crippen LogP contribution in [0.3, 0.4) is 0 Å². The van der Waals surface area contributed by atoms with Gasteiger partial charge in [0.2, 0.25) is 0 Å². The summed E-state index contributed by atoms with van der Waals surface area (Å²) < 4.78 is 6.48. The molecule has 0 unspecified atom stereocenters. The molecule has 46 heavy (non-hydrogen) atoms. The third-order valence-corrected chi connectivity index (χ3v) is 9.02. The SMILES string of the molecule is c1ccc(N(c2cccc(-c3cccc4ccccc34)c2)c2ccccc2-c2cccc3oc4cc5ccccc5cc4c23)cc1. The van der Waals surface area contributed by atoms with Crippen LogP contribution in [0.25, 0.3) is 65.7 Å². The minimum absolute atomic E-state index is 0.891. The molecule has 0 saturated carbocycles. The Morgan fingerprint density at radius 2 is 1.00 bits per heavy atom. The summed E-state index contributed by atoms with van der Waals surface area (Å²) in [4.78, 5) is 2.38. The molecule has 2 heteroatoms. The highest BCUT2D eigenvalue weighted by Crippen LogP contribution is 2.45. The van der Waals surface area contributed by atoms with Crippen molar-refractivity contribution in [2.24, 2.45) is 0 Å². The Kier molecular flexibility index (Phi) is 6.17. The molecule has 0 aliphatic carbocycles. The van der Waals surface area contributed by atoms with E-state index in [1.807, 2.05) is 0 Å². The van der Waals surface area contributed by atoms with Crippen molar-refractivity contribution in [2.45, 2.75) is 0 Å². The Hall–Kier alpha value is -6.12. The lowest BCUT2D eigenvalue weighted by Crippen LogP contribution is -2.11. The van der Waals surface area contributed by atoms with Gasteiger partial charge in [-0.05, 0) is 86.8 Å². The van der Waals surface area contributed by atoms with Crippen LogP contribution in [0.15, 0.2) is 180 Å². The molecule has 0 saturated heterocycles. The first-order valence-corrected chi connectivity index (χ1v) is 15.7. The van der Waals surface area contributed by atoms with E-state index in [-0.39, 0.29) is 0 Å². The minimum atomic E-state index is 0.891. The molecule has 0 aliphatic heterocycles. The van der Waals surface area contributed by atoms with Gasteiger partial charge in [-0.3, -0.25) is 0 Å². The van der Waals surface area contributed by atoms with E-state index in [1.165, 1.54) is 32.7 Å². The molecule has 1 heterocycles. The summed E-state index contributed by atoms with van der Waals surface area (Å²) in [5, 5.41) is 7.13. The fourth-order valence-corrected chi connectivity index (χ4v) is 6.93. The van der Waals surface area contributed by atoms with E-state index in [9.17, 15) is 0 Å². The number of rotatable bonds is 5. The van der Waals surface area contributed by atoms with Crippen molar-refractivity contribution >= 4 is 60.5 Å². The van der Waals surface area contributed by atoms with Crippen molar-refractivity contribution in [3.63, 3.8) is 0 Å². The van der Waals surface area contributed by atoms with Gasteiger partial charge in [0.05, 0.1) is 5.69 Å². The number of anilines is 3. The van der Waals surface area contributed by atoms with Gasteiger partial charge in [0, 0.05) is 27.7 Å². The van der Waals surface area contributed by atoms with Crippen molar-refractivity contribution in [1.82, 2.24) is 0 Å². The predicted molar refractivity (Wildman–Crippen MR) is 194 cm³/mol. The summed E-state index contributed by atoms with van der Waals surface area (Å²) in [6.07, 6.45) is 0. The van der Waals surface area contributed by atoms with Crippen molar-refractivity contribution in [2.75, 3.05) is 4.90 Å². The number of furan rings is 1. The molecule has 8 aromatic carbocycles. The largest absolute Gasteiger partial charge is 0.456 e. The van der Waals surface area contributed by atoms with Gasteiger partial charge in [-0.1, -0.05) is 127 Å². The maximum Gasteiger partial charge on any atom is 0.136 e. The topological polar surface area (TPSA) is 16.4 Å². The van der Waals surface area contributed by atoms with Crippen molar-refractivity contribution in [3.05, 3.63) is 176 Å². The van der Waals surface area contributed by atoms with E-state index < -0.39 is 0 Å². The van der Waals surface area contributed by atoms with Gasteiger partial charge in [-0.15, -0.1) is 0 Å². The molecule has 0 fully saturated rings. The molecule has 1 aromatic heterocycles. The Bertz CT molecular complexity index is 2540. The molecule has 9 rings (SSSR count). The number of para-hydroxylation sites is 2. The highest BCUT2D eigenvalue weighted by molar-refractivity contribution is 6.16. The molecule has 0 spiro atoms. The average molecular weight is 588 g/mol. The molecule has 0 bridgehead atoms. The zero-order valence-electron chi connectivity index (χ0n) is 25.1. The molecule has 2 nitrogen and oxygen atoms in total. The predicted octanol–water partition coefficient (Wildman–Crippen LogP) is 12.7. The number of hydrogen-bond donors (Lipinski definition) is 0. The third-order valence-electron chi connectivity index (χ3n) is 9.02. The van der Waals surface area contributed by atoms with Crippen LogP contribution >= 0.6 is 0 Å². The van der Waals surface area contributed by atoms with Crippen LogP contribution in [0.4, 0.5) is 17.1 Å². The average Bonchev–Trinajstić information content (AvgIpc) is 3.49. The highest BCUT2D eigenvalue weighted by Gasteiger charge is 2.21. The first-order chi connectivity index (χ1) is 22.8. The van der Waals surface area contributed by atoms with E-state index in [2.05, 4.69) is 181 Å². The molecule has 0 radical (unpaired) electrons. The lowest BCUT2D eigenvalue weighted by atomic mass is 9.95. The van der Waals surface area contributed by atoms with E-state index in [1.54, 1.807) is 0 Å². The highest BCUT2D eigenvalue weighted by atomic mass is 16.3. The molecule has 0 aliphatic rings. The Balaban J connectivity index is 1.27. The number of hydrogen-bond acceptors (Lipinski definition) is 2. The summed E-state index contributed by atoms with van der Waals surface area (Å²) in [7, 11) is 0. The molecule has 9 aromatic rings. The van der Waals surface area contributed by atoms with E-state index in [0.29, 0.717) is 0 Å². The summed E-state index contributed by atoms with van der Waals surface area (Å²) in [5.41, 5.74) is 9.79. The van der Waals surface area contributed by atoms with Crippen LogP contribution in [-0.2, 0) is 0 Å². The van der Waals surface area contributed by atoms with Gasteiger partial charge >= 0.3 is 0 Å². The fraction of sp³-hybridized carbons (Fsp3) is 0. The zero-order valence-corrected chi connectivity index (χ0v) is 25.1. The standard InChI is InChI=1S/C44H29NO/c1-2-18-34(19-3-1)45(35-20-10-17-33(27-35)37-23-11-16-30-13-6-7-21-36(30)37)41-25-9-8-22-38(41)39-24-12-26-42-44(39)40-28-31-14-4-5-15-32(31)29-43(40)46-42/h1-29H. The van der Waals surface area contributed by atoms with Crippen molar-refractivity contribution in [1.29, 1.82) is 0 Å². The molecule has 0 atom stereocenters. The van der Waals surface area contributed by atoms with Crippen molar-refractivity contribution < 1.29 is 4.42 Å². The summed E-state index contributed by atoms with van der Waals surface area (Å²) >= 11 is 0. The Labute approximate surface area is 267 Å². The molecule has 0 amide bonds. The summed E-state index contributed by atoms with van der Waals surface area (Å²) in [5.74, 6) is 0. The van der Waals surface area contributed by atoms with Gasteiger partial charge in [-0.25, -0.2) is 0 Å². The molecule has 0 N–H and O–H groups in total. The summed E-state index contributed by atoms with van der Waals surface area (Å²) in [6.45, 7) is 0. The first-order valence-electron chi connectivity index (χ1n) is 15.7. The van der Waals surface area contributed by atoms with Crippen molar-refractivity contribution in [3.8, 4) is 22.3 Å². The maximum absolute atomic E-state index is 6.48. The lowest BCUT2D eigenvalue weighted by Gasteiger charge is -2.28. The Morgan fingerprint density at radius 3 is 1.89 bits per heavy atom. The van der Waals surface area contributed by atoms with Crippen LogP contribution in [0.2, 0.25) is 0 Å². The number of nitrogens with zero attached hydrogens (tertiary/aromatic N) is 1. The normalized spacial score (nSPS) is 11.5. The second kappa shape index (κ2) is 10.8. The smallest absolute Gasteiger partial charge is 0.136 e. The fourth-order valence-electron chi connectivity index (χ4n) is 6.93. The van der Waals surface area contributed by atoms with Crippen LogP contribution in [0.1, 0.15) is 0 Å². The number of benzene rings is 8. The summed E-state index contributed by atoms with van der Waals surface area (Å²) in [6, 6.07) is 62.7. The van der Waals surface area contributed by atoms with Crippen LogP contribution < -0.4 is 4.90 Å². The quantitative estimate of drug-likeness (QED) is 0.199. The van der Waals surface area contributed by atoms with Gasteiger partial charge < -0.3 is 9.32 Å². The maximum atomic E-state index is 6.48. The zero-order chi connectivity index (χ0) is 30.5. The van der Waals surface area contributed by atoms with E-state index in [0.717, 1.165) is 50.1 Å². The van der Waals surface area contributed by atoms with E-state index in [4.69, 9.17) is 4.42 Å². The Morgan fingerprint density at radius 1 is 0.370 bits per heavy atom. The van der Waals surface area contributed by atoms with E-state index >= 15 is 0 Å². The minimum Gasteiger partial charge on any atom is -0.456 e. The van der Waals surface area contributed by atoms with Crippen LogP contribution in [0.5, 0.6) is 0 Å².